The summed E-state index contributed by atoms with van der Waals surface area (Å²) in [6.45, 7) is 2.90. The molecule has 15 heavy (non-hydrogen) atoms. The van der Waals surface area contributed by atoms with Gasteiger partial charge in [-0.15, -0.1) is 0 Å². The van der Waals surface area contributed by atoms with Gasteiger partial charge in [0.05, 0.1) is 12.8 Å². The molecule has 0 atom stereocenters. The van der Waals surface area contributed by atoms with E-state index in [-0.39, 0.29) is 0 Å². The number of nitrogens with one attached hydrogen (secondary N) is 1. The van der Waals surface area contributed by atoms with E-state index < -0.39 is 5.91 Å². The minimum Gasteiger partial charge on any atom is -0.495 e. The quantitative estimate of drug-likeness (QED) is 0.772. The molecule has 1 rings (SSSR count). The number of hydrogen-bond donors (Lipinski definition) is 2. The standard InChI is InChI=1S/C11H16N2O2/c1-3-6-13-9-7-8(11(12)14)4-5-10(9)15-2/h4-5,7,13H,3,6H2,1-2H3,(H2,12,14). The molecule has 1 aromatic rings. The number of carbonyl (C=O) groups is 1. The number of methoxy groups -OCH3 is 1. The SMILES string of the molecule is CCCNc1cc(C(N)=O)ccc1OC. The van der Waals surface area contributed by atoms with Crippen LogP contribution in [-0.2, 0) is 0 Å². The van der Waals surface area contributed by atoms with Crippen LogP contribution in [0.3, 0.4) is 0 Å². The number of primary amides is 1. The summed E-state index contributed by atoms with van der Waals surface area (Å²) in [5, 5.41) is 3.18. The fraction of sp³-hybridized carbons (Fsp3) is 0.364. The van der Waals surface area contributed by atoms with Crippen molar-refractivity contribution in [3.63, 3.8) is 0 Å². The van der Waals surface area contributed by atoms with E-state index in [9.17, 15) is 4.79 Å². The van der Waals surface area contributed by atoms with Crippen LogP contribution in [0.5, 0.6) is 5.75 Å². The monoisotopic (exact) mass is 208 g/mol. The lowest BCUT2D eigenvalue weighted by Crippen LogP contribution is -2.12. The maximum Gasteiger partial charge on any atom is 0.248 e. The third kappa shape index (κ3) is 2.87. The molecule has 0 unspecified atom stereocenters. The van der Waals surface area contributed by atoms with Gasteiger partial charge in [-0.3, -0.25) is 4.79 Å². The van der Waals surface area contributed by atoms with E-state index in [0.29, 0.717) is 11.3 Å². The minimum absolute atomic E-state index is 0.433. The van der Waals surface area contributed by atoms with E-state index in [1.54, 1.807) is 25.3 Å². The average Bonchev–Trinajstić information content (AvgIpc) is 2.25. The van der Waals surface area contributed by atoms with E-state index in [0.717, 1.165) is 18.7 Å². The molecule has 82 valence electrons. The highest BCUT2D eigenvalue weighted by Gasteiger charge is 2.06. The molecule has 0 saturated heterocycles. The molecule has 4 nitrogen and oxygen atoms in total. The molecule has 0 bridgehead atoms. The summed E-state index contributed by atoms with van der Waals surface area (Å²) in [6.07, 6.45) is 1.00. The van der Waals surface area contributed by atoms with Crippen LogP contribution in [0.15, 0.2) is 18.2 Å². The highest BCUT2D eigenvalue weighted by molar-refractivity contribution is 5.94. The van der Waals surface area contributed by atoms with Gasteiger partial charge in [0.25, 0.3) is 0 Å². The van der Waals surface area contributed by atoms with Crippen LogP contribution in [0.4, 0.5) is 5.69 Å². The zero-order valence-electron chi connectivity index (χ0n) is 9.04. The Labute approximate surface area is 89.4 Å². The molecule has 0 aliphatic carbocycles. The fourth-order valence-corrected chi connectivity index (χ4v) is 1.26. The first-order valence-electron chi connectivity index (χ1n) is 4.90. The fourth-order valence-electron chi connectivity index (χ4n) is 1.26. The molecule has 0 saturated carbocycles. The Hall–Kier alpha value is -1.71. The molecule has 3 N–H and O–H groups in total. The van der Waals surface area contributed by atoms with E-state index >= 15 is 0 Å². The summed E-state index contributed by atoms with van der Waals surface area (Å²) in [5.74, 6) is 0.283. The number of carbonyl (C=O) groups excluding carboxylic acids is 1. The number of rotatable bonds is 5. The third-order valence-corrected chi connectivity index (χ3v) is 2.05. The number of amides is 1. The third-order valence-electron chi connectivity index (χ3n) is 2.05. The highest BCUT2D eigenvalue weighted by Crippen LogP contribution is 2.25. The molecular formula is C11H16N2O2. The van der Waals surface area contributed by atoms with Crippen molar-refractivity contribution in [2.24, 2.45) is 5.73 Å². The predicted molar refractivity (Wildman–Crippen MR) is 60.3 cm³/mol. The van der Waals surface area contributed by atoms with Gasteiger partial charge in [-0.05, 0) is 24.6 Å². The van der Waals surface area contributed by atoms with Crippen molar-refractivity contribution in [1.82, 2.24) is 0 Å². The molecule has 0 aliphatic rings. The van der Waals surface area contributed by atoms with Gasteiger partial charge < -0.3 is 15.8 Å². The topological polar surface area (TPSA) is 64.3 Å². The van der Waals surface area contributed by atoms with E-state index in [4.69, 9.17) is 10.5 Å². The number of hydrogen-bond acceptors (Lipinski definition) is 3. The van der Waals surface area contributed by atoms with Crippen molar-refractivity contribution in [3.8, 4) is 5.75 Å². The van der Waals surface area contributed by atoms with Gasteiger partial charge in [-0.2, -0.15) is 0 Å². The second kappa shape index (κ2) is 5.24. The van der Waals surface area contributed by atoms with E-state index in [2.05, 4.69) is 12.2 Å². The predicted octanol–water partition coefficient (Wildman–Crippen LogP) is 1.62. The molecule has 1 aromatic carbocycles. The summed E-state index contributed by atoms with van der Waals surface area (Å²) in [7, 11) is 1.59. The summed E-state index contributed by atoms with van der Waals surface area (Å²) < 4.78 is 5.16. The molecule has 0 heterocycles. The Morgan fingerprint density at radius 2 is 2.27 bits per heavy atom. The zero-order chi connectivity index (χ0) is 11.3. The van der Waals surface area contributed by atoms with Crippen LogP contribution in [0.2, 0.25) is 0 Å². The van der Waals surface area contributed by atoms with Crippen molar-refractivity contribution in [2.45, 2.75) is 13.3 Å². The number of nitrogens with two attached hydrogens (primary N) is 1. The molecule has 4 heteroatoms. The van der Waals surface area contributed by atoms with Crippen molar-refractivity contribution < 1.29 is 9.53 Å². The molecule has 0 spiro atoms. The lowest BCUT2D eigenvalue weighted by Gasteiger charge is -2.11. The van der Waals surface area contributed by atoms with Gasteiger partial charge in [0.2, 0.25) is 5.91 Å². The molecule has 0 radical (unpaired) electrons. The summed E-state index contributed by atoms with van der Waals surface area (Å²) >= 11 is 0. The van der Waals surface area contributed by atoms with Gasteiger partial charge >= 0.3 is 0 Å². The van der Waals surface area contributed by atoms with Gasteiger partial charge in [-0.1, -0.05) is 6.92 Å². The normalized spacial score (nSPS) is 9.73. The highest BCUT2D eigenvalue weighted by atomic mass is 16.5. The van der Waals surface area contributed by atoms with Gasteiger partial charge in [0.15, 0.2) is 0 Å². The Balaban J connectivity index is 2.96. The average molecular weight is 208 g/mol. The van der Waals surface area contributed by atoms with E-state index in [1.165, 1.54) is 0 Å². The smallest absolute Gasteiger partial charge is 0.248 e. The van der Waals surface area contributed by atoms with Crippen LogP contribution in [0.25, 0.3) is 0 Å². The first-order chi connectivity index (χ1) is 7.19. The Kier molecular flexibility index (Phi) is 3.97. The Morgan fingerprint density at radius 1 is 1.53 bits per heavy atom. The van der Waals surface area contributed by atoms with Crippen LogP contribution in [-0.4, -0.2) is 19.6 Å². The van der Waals surface area contributed by atoms with Crippen LogP contribution < -0.4 is 15.8 Å². The summed E-state index contributed by atoms with van der Waals surface area (Å²) in [6, 6.07) is 5.09. The van der Waals surface area contributed by atoms with Crippen molar-refractivity contribution in [3.05, 3.63) is 23.8 Å². The maximum absolute atomic E-state index is 11.0. The molecular weight excluding hydrogens is 192 g/mol. The molecule has 1 amide bonds. The minimum atomic E-state index is -0.433. The second-order valence-corrected chi connectivity index (χ2v) is 3.21. The van der Waals surface area contributed by atoms with Crippen molar-refractivity contribution in [1.29, 1.82) is 0 Å². The number of benzene rings is 1. The first kappa shape index (κ1) is 11.4. The van der Waals surface area contributed by atoms with Crippen LogP contribution >= 0.6 is 0 Å². The zero-order valence-corrected chi connectivity index (χ0v) is 9.04. The lowest BCUT2D eigenvalue weighted by molar-refractivity contribution is 0.100. The molecule has 0 fully saturated rings. The first-order valence-corrected chi connectivity index (χ1v) is 4.90. The number of ether oxygens (including phenoxy) is 1. The van der Waals surface area contributed by atoms with Crippen LogP contribution in [0.1, 0.15) is 23.7 Å². The summed E-state index contributed by atoms with van der Waals surface area (Å²) in [4.78, 5) is 11.0. The molecule has 0 aromatic heterocycles. The maximum atomic E-state index is 11.0. The Morgan fingerprint density at radius 3 is 2.80 bits per heavy atom. The van der Waals surface area contributed by atoms with Crippen molar-refractivity contribution in [2.75, 3.05) is 19.0 Å². The Bertz CT molecular complexity index is 350. The molecule has 0 aliphatic heterocycles. The van der Waals surface area contributed by atoms with Crippen LogP contribution in [0, 0.1) is 0 Å². The second-order valence-electron chi connectivity index (χ2n) is 3.21. The number of anilines is 1. The van der Waals surface area contributed by atoms with Crippen molar-refractivity contribution >= 4 is 11.6 Å². The van der Waals surface area contributed by atoms with Gasteiger partial charge in [0, 0.05) is 12.1 Å². The summed E-state index contributed by atoms with van der Waals surface area (Å²) in [5.41, 5.74) is 6.48. The van der Waals surface area contributed by atoms with Gasteiger partial charge in [-0.25, -0.2) is 0 Å². The van der Waals surface area contributed by atoms with E-state index in [1.807, 2.05) is 0 Å². The van der Waals surface area contributed by atoms with Gasteiger partial charge in [0.1, 0.15) is 5.75 Å². The lowest BCUT2D eigenvalue weighted by atomic mass is 10.1. The largest absolute Gasteiger partial charge is 0.495 e.